The van der Waals surface area contributed by atoms with Gasteiger partial charge in [-0.2, -0.15) is 0 Å². The zero-order valence-corrected chi connectivity index (χ0v) is 21.2. The van der Waals surface area contributed by atoms with Gasteiger partial charge in [-0.05, 0) is 66.6 Å². The van der Waals surface area contributed by atoms with Gasteiger partial charge in [0.25, 0.3) is 0 Å². The molecule has 0 spiro atoms. The predicted octanol–water partition coefficient (Wildman–Crippen LogP) is 4.81. The molecule has 4 rings (SSSR count). The lowest BCUT2D eigenvalue weighted by atomic mass is 10.0. The molecule has 1 aliphatic rings. The van der Waals surface area contributed by atoms with Crippen LogP contribution in [0.2, 0.25) is 0 Å². The molecule has 10 nitrogen and oxygen atoms in total. The van der Waals surface area contributed by atoms with Crippen molar-refractivity contribution in [2.24, 2.45) is 5.41 Å². The fourth-order valence-corrected chi connectivity index (χ4v) is 3.79. The fourth-order valence-electron chi connectivity index (χ4n) is 3.79. The van der Waals surface area contributed by atoms with Crippen LogP contribution >= 0.6 is 0 Å². The highest BCUT2D eigenvalue weighted by Gasteiger charge is 2.36. The third-order valence-corrected chi connectivity index (χ3v) is 6.27. The minimum absolute atomic E-state index is 0.00925. The van der Waals surface area contributed by atoms with Gasteiger partial charge in [-0.1, -0.05) is 6.92 Å². The molecule has 1 aliphatic carbocycles. The number of aliphatic hydroxyl groups excluding tert-OH is 1. The van der Waals surface area contributed by atoms with E-state index in [0.717, 1.165) is 6.42 Å². The summed E-state index contributed by atoms with van der Waals surface area (Å²) in [5.74, 6) is -0.112. The van der Waals surface area contributed by atoms with Gasteiger partial charge in [0.05, 0.1) is 19.4 Å². The molecule has 2 heterocycles. The molecule has 3 aromatic rings. The second-order valence-corrected chi connectivity index (χ2v) is 9.33. The molecule has 0 aliphatic heterocycles. The Morgan fingerprint density at radius 1 is 1.11 bits per heavy atom. The minimum atomic E-state index is -0.680. The molecule has 1 fully saturated rings. The molecule has 38 heavy (non-hydrogen) atoms. The topological polar surface area (TPSA) is 135 Å². The van der Waals surface area contributed by atoms with E-state index in [4.69, 9.17) is 4.74 Å². The van der Waals surface area contributed by atoms with Crippen molar-refractivity contribution in [3.63, 3.8) is 0 Å². The molecule has 1 saturated carbocycles. The average Bonchev–Trinajstić information content (AvgIpc) is 3.65. The van der Waals surface area contributed by atoms with Crippen molar-refractivity contribution in [3.8, 4) is 28.3 Å². The van der Waals surface area contributed by atoms with E-state index in [2.05, 4.69) is 37.6 Å². The largest absolute Gasteiger partial charge is 0.475 e. The lowest BCUT2D eigenvalue weighted by Gasteiger charge is -2.14. The normalized spacial score (nSPS) is 13.4. The molecular weight excluding hydrogens is 493 g/mol. The number of hydrogen-bond acceptors (Lipinski definition) is 7. The number of pyridine rings is 2. The molecule has 4 N–H and O–H groups in total. The standard InChI is InChI=1S/C27H30FN5O5/c1-27(6-7-27)8-10-30-25(35)31-19-3-4-21(28)20(16-19)18-13-22(32-24(15-18)38-12-11-34)17-5-9-29-23(14-17)33-26(36)37-2/h3-5,9,13-16,34H,6-8,10-12H2,1-2H3,(H,29,33,36)(H2,30,31,35). The summed E-state index contributed by atoms with van der Waals surface area (Å²) in [5.41, 5.74) is 2.38. The quantitative estimate of drug-likeness (QED) is 0.300. The van der Waals surface area contributed by atoms with E-state index >= 15 is 0 Å². The van der Waals surface area contributed by atoms with Crippen molar-refractivity contribution in [3.05, 3.63) is 54.5 Å². The van der Waals surface area contributed by atoms with E-state index < -0.39 is 11.9 Å². The van der Waals surface area contributed by atoms with Gasteiger partial charge in [0, 0.05) is 35.6 Å². The first-order valence-corrected chi connectivity index (χ1v) is 12.2. The smallest absolute Gasteiger partial charge is 0.412 e. The minimum Gasteiger partial charge on any atom is -0.475 e. The summed E-state index contributed by atoms with van der Waals surface area (Å²) in [6.07, 6.45) is 4.07. The van der Waals surface area contributed by atoms with E-state index in [1.165, 1.54) is 44.3 Å². The van der Waals surface area contributed by atoms with Crippen molar-refractivity contribution in [1.82, 2.24) is 15.3 Å². The highest BCUT2D eigenvalue weighted by Crippen LogP contribution is 2.47. The Bertz CT molecular complexity index is 1310. The molecule has 11 heteroatoms. The summed E-state index contributed by atoms with van der Waals surface area (Å²) >= 11 is 0. The molecule has 0 saturated heterocycles. The Labute approximate surface area is 219 Å². The number of amides is 3. The molecule has 0 bridgehead atoms. The summed E-state index contributed by atoms with van der Waals surface area (Å²) in [6.45, 7) is 2.52. The molecule has 200 valence electrons. The number of aliphatic hydroxyl groups is 1. The van der Waals surface area contributed by atoms with E-state index in [-0.39, 0.29) is 36.5 Å². The number of anilines is 2. The third kappa shape index (κ3) is 7.16. The zero-order valence-electron chi connectivity index (χ0n) is 21.2. The Morgan fingerprint density at radius 2 is 1.92 bits per heavy atom. The number of halogens is 1. The van der Waals surface area contributed by atoms with Gasteiger partial charge in [-0.3, -0.25) is 5.32 Å². The number of carbonyl (C=O) groups is 2. The van der Waals surface area contributed by atoms with Crippen LogP contribution in [0.5, 0.6) is 5.88 Å². The molecule has 0 unspecified atom stereocenters. The van der Waals surface area contributed by atoms with Crippen LogP contribution in [-0.4, -0.2) is 54.1 Å². The Balaban J connectivity index is 1.60. The Hall–Kier alpha value is -4.25. The van der Waals surface area contributed by atoms with Crippen LogP contribution < -0.4 is 20.7 Å². The maximum atomic E-state index is 15.0. The van der Waals surface area contributed by atoms with Crippen LogP contribution in [-0.2, 0) is 4.74 Å². The average molecular weight is 524 g/mol. The van der Waals surface area contributed by atoms with Crippen LogP contribution in [0.25, 0.3) is 22.4 Å². The van der Waals surface area contributed by atoms with Gasteiger partial charge in [0.15, 0.2) is 0 Å². The van der Waals surface area contributed by atoms with Gasteiger partial charge in [-0.25, -0.2) is 23.9 Å². The van der Waals surface area contributed by atoms with Crippen molar-refractivity contribution < 1.29 is 28.6 Å². The van der Waals surface area contributed by atoms with Gasteiger partial charge in [0.1, 0.15) is 18.2 Å². The van der Waals surface area contributed by atoms with Crippen LogP contribution in [0, 0.1) is 11.2 Å². The highest BCUT2D eigenvalue weighted by atomic mass is 19.1. The highest BCUT2D eigenvalue weighted by molar-refractivity contribution is 5.90. The second kappa shape index (κ2) is 11.9. The van der Waals surface area contributed by atoms with Crippen molar-refractivity contribution in [2.75, 3.05) is 37.5 Å². The van der Waals surface area contributed by atoms with E-state index in [9.17, 15) is 19.1 Å². The van der Waals surface area contributed by atoms with Crippen LogP contribution in [0.4, 0.5) is 25.5 Å². The first kappa shape index (κ1) is 26.8. The van der Waals surface area contributed by atoms with Gasteiger partial charge in [-0.15, -0.1) is 0 Å². The zero-order chi connectivity index (χ0) is 27.1. The number of methoxy groups -OCH3 is 1. The lowest BCUT2D eigenvalue weighted by molar-refractivity contribution is 0.187. The van der Waals surface area contributed by atoms with E-state index in [1.54, 1.807) is 24.3 Å². The Kier molecular flexibility index (Phi) is 8.37. The van der Waals surface area contributed by atoms with E-state index in [0.29, 0.717) is 34.5 Å². The first-order valence-electron chi connectivity index (χ1n) is 12.2. The summed E-state index contributed by atoms with van der Waals surface area (Å²) in [6, 6.07) is 10.4. The maximum Gasteiger partial charge on any atom is 0.412 e. The SMILES string of the molecule is COC(=O)Nc1cc(-c2cc(-c3cc(NC(=O)NCCC4(C)CC4)ccc3F)cc(OCCO)n2)ccn1. The van der Waals surface area contributed by atoms with E-state index in [1.807, 2.05) is 0 Å². The number of rotatable bonds is 10. The summed E-state index contributed by atoms with van der Waals surface area (Å²) < 4.78 is 25.1. The molecule has 1 aromatic carbocycles. The maximum absolute atomic E-state index is 15.0. The van der Waals surface area contributed by atoms with Crippen LogP contribution in [0.3, 0.4) is 0 Å². The number of nitrogens with zero attached hydrogens (tertiary/aromatic N) is 2. The van der Waals surface area contributed by atoms with Crippen molar-refractivity contribution in [2.45, 2.75) is 26.2 Å². The number of carbonyl (C=O) groups excluding carboxylic acids is 2. The molecule has 0 radical (unpaired) electrons. The van der Waals surface area contributed by atoms with Gasteiger partial charge in [0.2, 0.25) is 5.88 Å². The number of hydrogen-bond donors (Lipinski definition) is 4. The van der Waals surface area contributed by atoms with Crippen LogP contribution in [0.1, 0.15) is 26.2 Å². The lowest BCUT2D eigenvalue weighted by Crippen LogP contribution is -2.30. The number of nitrogens with one attached hydrogen (secondary N) is 3. The van der Waals surface area contributed by atoms with Gasteiger partial charge < -0.3 is 25.2 Å². The number of ether oxygens (including phenoxy) is 2. The Morgan fingerprint density at radius 3 is 2.66 bits per heavy atom. The van der Waals surface area contributed by atoms with Crippen molar-refractivity contribution in [1.29, 1.82) is 0 Å². The monoisotopic (exact) mass is 523 g/mol. The predicted molar refractivity (Wildman–Crippen MR) is 140 cm³/mol. The third-order valence-electron chi connectivity index (χ3n) is 6.27. The van der Waals surface area contributed by atoms with Gasteiger partial charge >= 0.3 is 12.1 Å². The number of aromatic nitrogens is 2. The molecule has 3 amide bonds. The summed E-state index contributed by atoms with van der Waals surface area (Å²) in [5, 5.41) is 17.3. The van der Waals surface area contributed by atoms with Crippen LogP contribution in [0.15, 0.2) is 48.7 Å². The number of urea groups is 1. The molecule has 2 aromatic heterocycles. The summed E-state index contributed by atoms with van der Waals surface area (Å²) in [7, 11) is 1.24. The van der Waals surface area contributed by atoms with Crippen molar-refractivity contribution >= 4 is 23.6 Å². The number of benzene rings is 1. The molecule has 0 atom stereocenters. The fraction of sp³-hybridized carbons (Fsp3) is 0.333. The first-order chi connectivity index (χ1) is 18.3. The molecular formula is C27H30FN5O5. The second-order valence-electron chi connectivity index (χ2n) is 9.33. The summed E-state index contributed by atoms with van der Waals surface area (Å²) in [4.78, 5) is 32.5.